The molecule has 7 heteroatoms. The van der Waals surface area contributed by atoms with Crippen LogP contribution in [0.1, 0.15) is 15.9 Å². The van der Waals surface area contributed by atoms with Gasteiger partial charge in [-0.05, 0) is 24.3 Å². The van der Waals surface area contributed by atoms with Crippen molar-refractivity contribution in [1.29, 1.82) is 0 Å². The van der Waals surface area contributed by atoms with E-state index in [1.807, 2.05) is 0 Å². The van der Waals surface area contributed by atoms with Gasteiger partial charge in [0.2, 0.25) is 0 Å². The highest BCUT2D eigenvalue weighted by Crippen LogP contribution is 2.16. The maximum absolute atomic E-state index is 11.9. The van der Waals surface area contributed by atoms with Gasteiger partial charge in [0, 0.05) is 5.56 Å². The molecule has 0 atom stereocenters. The molecule has 7 nitrogen and oxygen atoms in total. The predicted molar refractivity (Wildman–Crippen MR) is 82.7 cm³/mol. The summed E-state index contributed by atoms with van der Waals surface area (Å²) in [6.07, 6.45) is 1.33. The lowest BCUT2D eigenvalue weighted by Crippen LogP contribution is -2.17. The number of phenolic OH excluding ortho intramolecular Hbond substituents is 1. The number of carbonyl (C=O) groups excluding carboxylic acids is 1. The first-order chi connectivity index (χ1) is 11.1. The number of aromatic hydroxyl groups is 1. The third-order valence-corrected chi connectivity index (χ3v) is 2.79. The van der Waals surface area contributed by atoms with Gasteiger partial charge < -0.3 is 14.9 Å². The number of hydrazone groups is 1. The highest BCUT2D eigenvalue weighted by atomic mass is 16.5. The first kappa shape index (κ1) is 16.0. The summed E-state index contributed by atoms with van der Waals surface area (Å²) in [4.78, 5) is 22.4. The molecule has 0 bridgehead atoms. The number of nitrogens with one attached hydrogen (secondary N) is 1. The van der Waals surface area contributed by atoms with Gasteiger partial charge in [-0.15, -0.1) is 0 Å². The number of carbonyl (C=O) groups is 2. The van der Waals surface area contributed by atoms with E-state index < -0.39 is 18.5 Å². The van der Waals surface area contributed by atoms with Gasteiger partial charge in [-0.2, -0.15) is 5.10 Å². The van der Waals surface area contributed by atoms with Crippen molar-refractivity contribution < 1.29 is 24.5 Å². The number of nitrogens with zero attached hydrogens (tertiary/aromatic N) is 1. The van der Waals surface area contributed by atoms with Crippen LogP contribution < -0.4 is 10.2 Å². The van der Waals surface area contributed by atoms with Crippen molar-refractivity contribution in [3.8, 4) is 11.5 Å². The molecule has 0 heterocycles. The third-order valence-electron chi connectivity index (χ3n) is 2.79. The molecule has 0 aliphatic rings. The van der Waals surface area contributed by atoms with Crippen LogP contribution in [0.3, 0.4) is 0 Å². The Morgan fingerprint density at radius 1 is 1.13 bits per heavy atom. The zero-order valence-electron chi connectivity index (χ0n) is 12.0. The summed E-state index contributed by atoms with van der Waals surface area (Å²) < 4.78 is 5.12. The molecule has 0 aliphatic heterocycles. The largest absolute Gasteiger partial charge is 0.507 e. The number of phenols is 1. The van der Waals surface area contributed by atoms with Gasteiger partial charge in [0.05, 0.1) is 11.8 Å². The van der Waals surface area contributed by atoms with E-state index in [2.05, 4.69) is 10.5 Å². The van der Waals surface area contributed by atoms with Crippen LogP contribution in [0.5, 0.6) is 11.5 Å². The molecule has 0 fully saturated rings. The van der Waals surface area contributed by atoms with Crippen LogP contribution in [-0.4, -0.2) is 34.9 Å². The van der Waals surface area contributed by atoms with Gasteiger partial charge in [-0.1, -0.05) is 24.3 Å². The van der Waals surface area contributed by atoms with Crippen LogP contribution in [0.25, 0.3) is 0 Å². The highest BCUT2D eigenvalue weighted by Gasteiger charge is 2.09. The molecule has 1 amide bonds. The molecule has 2 rings (SSSR count). The number of para-hydroxylation sites is 2. The second kappa shape index (κ2) is 7.60. The van der Waals surface area contributed by atoms with Crippen molar-refractivity contribution in [3.05, 3.63) is 59.7 Å². The third kappa shape index (κ3) is 4.57. The van der Waals surface area contributed by atoms with E-state index in [1.54, 1.807) is 36.4 Å². The number of aliphatic carboxylic acids is 1. The minimum Gasteiger partial charge on any atom is -0.507 e. The SMILES string of the molecule is O=C(O)COc1ccccc1/C=N/NC(=O)c1ccccc1O. The van der Waals surface area contributed by atoms with Crippen molar-refractivity contribution in [3.63, 3.8) is 0 Å². The summed E-state index contributed by atoms with van der Waals surface area (Å²) in [5, 5.41) is 22.0. The number of ether oxygens (including phenoxy) is 1. The second-order valence-electron chi connectivity index (χ2n) is 4.44. The van der Waals surface area contributed by atoms with E-state index >= 15 is 0 Å². The summed E-state index contributed by atoms with van der Waals surface area (Å²) in [5.74, 6) is -1.48. The molecule has 0 aliphatic carbocycles. The molecule has 0 unspecified atom stereocenters. The summed E-state index contributed by atoms with van der Waals surface area (Å²) in [6.45, 7) is -0.477. The van der Waals surface area contributed by atoms with Gasteiger partial charge in [-0.25, -0.2) is 10.2 Å². The Morgan fingerprint density at radius 3 is 2.57 bits per heavy atom. The molecule has 0 aromatic heterocycles. The Morgan fingerprint density at radius 2 is 1.83 bits per heavy atom. The zero-order valence-corrected chi connectivity index (χ0v) is 12.0. The van der Waals surface area contributed by atoms with E-state index in [1.165, 1.54) is 18.3 Å². The van der Waals surface area contributed by atoms with E-state index in [0.29, 0.717) is 11.3 Å². The molecular weight excluding hydrogens is 300 g/mol. The fraction of sp³-hybridized carbons (Fsp3) is 0.0625. The van der Waals surface area contributed by atoms with Crippen molar-refractivity contribution in [2.24, 2.45) is 5.10 Å². The van der Waals surface area contributed by atoms with Crippen LogP contribution >= 0.6 is 0 Å². The number of hydrogen-bond acceptors (Lipinski definition) is 5. The number of carboxylic acid groups (broad SMARTS) is 1. The smallest absolute Gasteiger partial charge is 0.341 e. The van der Waals surface area contributed by atoms with Gasteiger partial charge in [-0.3, -0.25) is 4.79 Å². The summed E-state index contributed by atoms with van der Waals surface area (Å²) >= 11 is 0. The molecule has 0 saturated heterocycles. The Labute approximate surface area is 131 Å². The Hall–Kier alpha value is -3.35. The maximum atomic E-state index is 11.9. The van der Waals surface area contributed by atoms with E-state index in [0.717, 1.165) is 0 Å². The average Bonchev–Trinajstić information content (AvgIpc) is 2.54. The molecule has 3 N–H and O–H groups in total. The van der Waals surface area contributed by atoms with Crippen molar-refractivity contribution in [2.75, 3.05) is 6.61 Å². The zero-order chi connectivity index (χ0) is 16.7. The lowest BCUT2D eigenvalue weighted by atomic mass is 10.2. The fourth-order valence-electron chi connectivity index (χ4n) is 1.74. The molecule has 2 aromatic carbocycles. The molecule has 2 aromatic rings. The molecule has 0 saturated carbocycles. The van der Waals surface area contributed by atoms with Crippen molar-refractivity contribution in [1.82, 2.24) is 5.43 Å². The monoisotopic (exact) mass is 314 g/mol. The Balaban J connectivity index is 2.05. The van der Waals surface area contributed by atoms with Gasteiger partial charge in [0.25, 0.3) is 5.91 Å². The minimum absolute atomic E-state index is 0.0973. The number of amides is 1. The van der Waals surface area contributed by atoms with Gasteiger partial charge in [0.1, 0.15) is 11.5 Å². The Kier molecular flexibility index (Phi) is 5.30. The quantitative estimate of drug-likeness (QED) is 0.554. The Bertz CT molecular complexity index is 743. The van der Waals surface area contributed by atoms with Crippen LogP contribution in [0.4, 0.5) is 0 Å². The number of benzene rings is 2. The van der Waals surface area contributed by atoms with Crippen LogP contribution in [-0.2, 0) is 4.79 Å². The number of carboxylic acids is 1. The van der Waals surface area contributed by atoms with Gasteiger partial charge >= 0.3 is 5.97 Å². The van der Waals surface area contributed by atoms with E-state index in [4.69, 9.17) is 9.84 Å². The summed E-state index contributed by atoms with van der Waals surface area (Å²) in [5.41, 5.74) is 2.88. The summed E-state index contributed by atoms with van der Waals surface area (Å²) in [7, 11) is 0. The second-order valence-corrected chi connectivity index (χ2v) is 4.44. The van der Waals surface area contributed by atoms with E-state index in [-0.39, 0.29) is 11.3 Å². The van der Waals surface area contributed by atoms with Crippen LogP contribution in [0.2, 0.25) is 0 Å². The van der Waals surface area contributed by atoms with E-state index in [9.17, 15) is 14.7 Å². The normalized spacial score (nSPS) is 10.4. The molecule has 0 radical (unpaired) electrons. The van der Waals surface area contributed by atoms with Crippen molar-refractivity contribution in [2.45, 2.75) is 0 Å². The average molecular weight is 314 g/mol. The van der Waals surface area contributed by atoms with Gasteiger partial charge in [0.15, 0.2) is 6.61 Å². The number of hydrogen-bond donors (Lipinski definition) is 3. The molecule has 0 spiro atoms. The van der Waals surface area contributed by atoms with Crippen LogP contribution in [0.15, 0.2) is 53.6 Å². The first-order valence-electron chi connectivity index (χ1n) is 6.63. The maximum Gasteiger partial charge on any atom is 0.341 e. The standard InChI is InChI=1S/C16H14N2O5/c19-13-7-3-2-6-12(13)16(22)18-17-9-11-5-1-4-8-14(11)23-10-15(20)21/h1-9,19H,10H2,(H,18,22)(H,20,21)/b17-9+. The first-order valence-corrected chi connectivity index (χ1v) is 6.63. The lowest BCUT2D eigenvalue weighted by molar-refractivity contribution is -0.139. The number of rotatable bonds is 6. The molecule has 118 valence electrons. The molecule has 23 heavy (non-hydrogen) atoms. The summed E-state index contributed by atoms with van der Waals surface area (Å²) in [6, 6.07) is 12.7. The van der Waals surface area contributed by atoms with Crippen LogP contribution in [0, 0.1) is 0 Å². The lowest BCUT2D eigenvalue weighted by Gasteiger charge is -2.06. The minimum atomic E-state index is -1.09. The fourth-order valence-corrected chi connectivity index (χ4v) is 1.74. The molecular formula is C16H14N2O5. The highest BCUT2D eigenvalue weighted by molar-refractivity contribution is 5.97. The predicted octanol–water partition coefficient (Wildman–Crippen LogP) is 1.62. The van der Waals surface area contributed by atoms with Crippen molar-refractivity contribution >= 4 is 18.1 Å². The topological polar surface area (TPSA) is 108 Å².